The Balaban J connectivity index is 2.19. The second kappa shape index (κ2) is 10.1. The van der Waals surface area contributed by atoms with Gasteiger partial charge >= 0.3 is 110 Å². The van der Waals surface area contributed by atoms with Crippen LogP contribution in [0.15, 0.2) is 0 Å². The first-order valence-corrected chi connectivity index (χ1v) is 8.80. The molecule has 5 nitrogen and oxygen atoms in total. The van der Waals surface area contributed by atoms with Crippen LogP contribution >= 0.6 is 7.94 Å². The second-order valence-corrected chi connectivity index (χ2v) is 6.85. The summed E-state index contributed by atoms with van der Waals surface area (Å²) in [6.07, 6.45) is 8.02. The van der Waals surface area contributed by atoms with Crippen LogP contribution in [-0.4, -0.2) is 26.0 Å². The molecule has 6 heteroatoms. The summed E-state index contributed by atoms with van der Waals surface area (Å²) in [5.74, 6) is 0. The van der Waals surface area contributed by atoms with Gasteiger partial charge in [-0.05, 0) is 0 Å². The van der Waals surface area contributed by atoms with Crippen LogP contribution in [0.25, 0.3) is 0 Å². The fourth-order valence-electron chi connectivity index (χ4n) is 1.83. The van der Waals surface area contributed by atoms with E-state index in [4.69, 9.17) is 23.6 Å². The maximum absolute atomic E-state index is 5.61. The van der Waals surface area contributed by atoms with Crippen molar-refractivity contribution in [2.24, 2.45) is 0 Å². The minimum atomic E-state index is -2.76. The zero-order valence-corrected chi connectivity index (χ0v) is 12.3. The van der Waals surface area contributed by atoms with Gasteiger partial charge < -0.3 is 0 Å². The summed E-state index contributed by atoms with van der Waals surface area (Å²) in [7, 11) is -2.76. The minimum absolute atomic E-state index is 0.234. The predicted molar refractivity (Wildman–Crippen MR) is 71.9 cm³/mol. The van der Waals surface area contributed by atoms with Crippen molar-refractivity contribution in [3.63, 3.8) is 0 Å². The van der Waals surface area contributed by atoms with E-state index < -0.39 is 7.94 Å². The second-order valence-electron chi connectivity index (χ2n) is 4.36. The summed E-state index contributed by atoms with van der Waals surface area (Å²) in [4.78, 5) is 9.88. The van der Waals surface area contributed by atoms with Crippen LogP contribution in [0.1, 0.15) is 45.4 Å². The third-order valence-corrected chi connectivity index (χ3v) is 5.13. The molecule has 18 heavy (non-hydrogen) atoms. The molecule has 0 spiro atoms. The molecule has 0 unspecified atom stereocenters. The van der Waals surface area contributed by atoms with Crippen LogP contribution in [-0.2, 0) is 23.6 Å². The molecule has 0 aliphatic carbocycles. The molecule has 0 aromatic rings. The van der Waals surface area contributed by atoms with E-state index in [1.807, 2.05) is 0 Å². The van der Waals surface area contributed by atoms with E-state index in [1.54, 1.807) is 0 Å². The van der Waals surface area contributed by atoms with E-state index >= 15 is 0 Å². The van der Waals surface area contributed by atoms with Gasteiger partial charge in [0.25, 0.3) is 0 Å². The van der Waals surface area contributed by atoms with Gasteiger partial charge in [-0.15, -0.1) is 0 Å². The van der Waals surface area contributed by atoms with Crippen molar-refractivity contribution in [3.8, 4) is 0 Å². The average molecular weight is 281 g/mol. The Morgan fingerprint density at radius 2 is 1.89 bits per heavy atom. The summed E-state index contributed by atoms with van der Waals surface area (Å²) in [6, 6.07) is 0. The summed E-state index contributed by atoms with van der Waals surface area (Å²) >= 11 is 0. The number of unbranched alkanes of at least 4 members (excludes halogenated alkanes) is 5. The van der Waals surface area contributed by atoms with Crippen LogP contribution < -0.4 is 0 Å². The summed E-state index contributed by atoms with van der Waals surface area (Å²) < 4.78 is 16.1. The van der Waals surface area contributed by atoms with Crippen LogP contribution in [0.2, 0.25) is 0 Å². The predicted octanol–water partition coefficient (Wildman–Crippen LogP) is 3.60. The van der Waals surface area contributed by atoms with Gasteiger partial charge in [0.1, 0.15) is 0 Å². The molecule has 0 amide bonds. The van der Waals surface area contributed by atoms with Crippen molar-refractivity contribution in [2.45, 2.75) is 45.4 Å². The van der Waals surface area contributed by atoms with Gasteiger partial charge in [-0.1, -0.05) is 0 Å². The first kappa shape index (κ1) is 16.3. The van der Waals surface area contributed by atoms with E-state index in [9.17, 15) is 0 Å². The Morgan fingerprint density at radius 3 is 2.56 bits per heavy atom. The van der Waals surface area contributed by atoms with Gasteiger partial charge in [0.05, 0.1) is 0 Å². The Labute approximate surface area is 111 Å². The molecule has 1 aliphatic heterocycles. The first-order valence-electron chi connectivity index (χ1n) is 6.87. The molecule has 0 N–H and O–H groups in total. The Kier molecular flexibility index (Phi) is 9.11. The fourth-order valence-corrected chi connectivity index (χ4v) is 3.87. The van der Waals surface area contributed by atoms with Crippen LogP contribution in [0, 0.1) is 6.92 Å². The summed E-state index contributed by atoms with van der Waals surface area (Å²) in [5, 5.41) is 0. The molecule has 0 atom stereocenters. The van der Waals surface area contributed by atoms with E-state index in [0.29, 0.717) is 13.2 Å². The van der Waals surface area contributed by atoms with E-state index in [1.165, 1.54) is 25.7 Å². The number of rotatable bonds is 10. The normalized spacial score (nSPS) is 20.8. The Bertz CT molecular complexity index is 197. The molecular formula is C12H26O5P. The molecular weight excluding hydrogens is 255 g/mol. The van der Waals surface area contributed by atoms with E-state index in [2.05, 4.69) is 13.8 Å². The quantitative estimate of drug-likeness (QED) is 0.265. The van der Waals surface area contributed by atoms with Gasteiger partial charge in [-0.25, -0.2) is 0 Å². The molecule has 1 radical (unpaired) electrons. The van der Waals surface area contributed by atoms with E-state index in [0.717, 1.165) is 19.0 Å². The third kappa shape index (κ3) is 6.41. The number of hydrogen-bond acceptors (Lipinski definition) is 5. The SMILES string of the molecule is [CH2]COO[PH]1(CCCCCCCC)OCCOO1. The van der Waals surface area contributed by atoms with Gasteiger partial charge in [-0.2, -0.15) is 0 Å². The van der Waals surface area contributed by atoms with Crippen molar-refractivity contribution in [1.82, 2.24) is 0 Å². The molecule has 1 saturated heterocycles. The van der Waals surface area contributed by atoms with Crippen LogP contribution in [0.4, 0.5) is 0 Å². The van der Waals surface area contributed by atoms with Gasteiger partial charge in [0.15, 0.2) is 0 Å². The maximum atomic E-state index is 5.61. The number of hydrogen-bond donors (Lipinski definition) is 0. The Morgan fingerprint density at radius 1 is 1.11 bits per heavy atom. The van der Waals surface area contributed by atoms with Crippen molar-refractivity contribution < 1.29 is 23.6 Å². The van der Waals surface area contributed by atoms with Gasteiger partial charge in [-0.3, -0.25) is 0 Å². The molecule has 1 rings (SSSR count). The molecule has 0 bridgehead atoms. The zero-order valence-electron chi connectivity index (χ0n) is 11.3. The van der Waals surface area contributed by atoms with E-state index in [-0.39, 0.29) is 6.61 Å². The monoisotopic (exact) mass is 281 g/mol. The molecule has 0 saturated carbocycles. The average Bonchev–Trinajstić information content (AvgIpc) is 2.42. The fraction of sp³-hybridized carbons (Fsp3) is 0.917. The van der Waals surface area contributed by atoms with Gasteiger partial charge in [0, 0.05) is 0 Å². The third-order valence-electron chi connectivity index (χ3n) is 2.78. The topological polar surface area (TPSA) is 46.2 Å². The molecule has 1 fully saturated rings. The van der Waals surface area contributed by atoms with Crippen molar-refractivity contribution in [2.75, 3.05) is 26.0 Å². The molecule has 109 valence electrons. The summed E-state index contributed by atoms with van der Waals surface area (Å²) in [5.41, 5.74) is 0. The molecule has 0 aromatic heterocycles. The van der Waals surface area contributed by atoms with Crippen molar-refractivity contribution in [1.29, 1.82) is 0 Å². The molecule has 1 aliphatic rings. The standard InChI is InChI=1S/C12H26O5P/c1-3-5-6-7-8-9-12-18(16-13-4-2)15-11-10-14-17-18/h18H,2-12H2,1H3. The van der Waals surface area contributed by atoms with Crippen LogP contribution in [0.5, 0.6) is 0 Å². The molecule has 1 heterocycles. The van der Waals surface area contributed by atoms with Crippen LogP contribution in [0.3, 0.4) is 0 Å². The first-order chi connectivity index (χ1) is 8.83. The Hall–Kier alpha value is 0.230. The molecule has 0 aromatic carbocycles. The summed E-state index contributed by atoms with van der Waals surface area (Å²) in [6.45, 7) is 6.95. The van der Waals surface area contributed by atoms with Crippen molar-refractivity contribution >= 4 is 7.94 Å². The van der Waals surface area contributed by atoms with Crippen molar-refractivity contribution in [3.05, 3.63) is 6.92 Å². The van der Waals surface area contributed by atoms with Gasteiger partial charge in [0.2, 0.25) is 0 Å². The zero-order chi connectivity index (χ0) is 13.1.